The van der Waals surface area contributed by atoms with Gasteiger partial charge in [0.1, 0.15) is 10.6 Å². The Balaban J connectivity index is 1.57. The average molecular weight is 765 g/mol. The molecule has 5 rings (SSSR count). The van der Waals surface area contributed by atoms with Crippen molar-refractivity contribution in [1.82, 2.24) is 0 Å². The van der Waals surface area contributed by atoms with E-state index in [1.54, 1.807) is 0 Å². The van der Waals surface area contributed by atoms with E-state index in [0.29, 0.717) is 10.6 Å². The fraction of sp³-hybridized carbons (Fsp3) is 0. The Bertz CT molecular complexity index is 1360. The Labute approximate surface area is 221 Å². The van der Waals surface area contributed by atoms with Gasteiger partial charge in [0.25, 0.3) is 0 Å². The molecule has 2 heterocycles. The van der Waals surface area contributed by atoms with Crippen molar-refractivity contribution in [2.75, 3.05) is 0 Å². The van der Waals surface area contributed by atoms with Crippen LogP contribution in [0.1, 0.15) is 9.67 Å². The number of carbonyl (C=O) groups is 1. The molecule has 5 aromatic rings. The van der Waals surface area contributed by atoms with Gasteiger partial charge in [-0.15, -0.1) is 11.3 Å². The third kappa shape index (κ3) is 3.91. The van der Waals surface area contributed by atoms with E-state index in [1.807, 2.05) is 23.6 Å². The zero-order chi connectivity index (χ0) is 20.8. The van der Waals surface area contributed by atoms with E-state index < -0.39 is 0 Å². The Hall–Kier alpha value is -0.760. The topological polar surface area (TPSA) is 26.3 Å². The van der Waals surface area contributed by atoms with Crippen molar-refractivity contribution in [3.63, 3.8) is 0 Å². The van der Waals surface area contributed by atoms with Crippen LogP contribution in [0.4, 0.5) is 0 Å². The van der Waals surface area contributed by atoms with Crippen molar-refractivity contribution < 1.29 is 9.53 Å². The second kappa shape index (κ2) is 8.64. The van der Waals surface area contributed by atoms with Crippen LogP contribution in [0.2, 0.25) is 0 Å². The average Bonchev–Trinajstić information content (AvgIpc) is 3.29. The van der Waals surface area contributed by atoms with E-state index in [9.17, 15) is 4.79 Å². The number of benzene rings is 3. The normalized spacial score (nSPS) is 11.3. The van der Waals surface area contributed by atoms with Gasteiger partial charge in [-0.25, -0.2) is 4.79 Å². The molecule has 0 N–H and O–H groups in total. The van der Waals surface area contributed by atoms with Gasteiger partial charge in [-0.05, 0) is 128 Å². The van der Waals surface area contributed by atoms with Crippen molar-refractivity contribution in [2.24, 2.45) is 0 Å². The summed E-state index contributed by atoms with van der Waals surface area (Å²) in [5.41, 5.74) is 0. The summed E-state index contributed by atoms with van der Waals surface area (Å²) >= 11 is 8.32. The van der Waals surface area contributed by atoms with Crippen molar-refractivity contribution in [2.45, 2.75) is 0 Å². The molecule has 0 radical (unpaired) electrons. The maximum Gasteiger partial charge on any atom is 0.354 e. The first-order valence-corrected chi connectivity index (χ1v) is 14.2. The summed E-state index contributed by atoms with van der Waals surface area (Å²) < 4.78 is 11.7. The standard InChI is InChI=1S/C23H12I3O2S2/c24-13-1-7-20-17(11-13)18-12-14(25)2-8-21(18)30(20)16-5-3-15(4-6-16)28-23(27)22-19(26)9-10-29-22/h1-12H/q+1. The lowest BCUT2D eigenvalue weighted by Gasteiger charge is -2.03. The van der Waals surface area contributed by atoms with Crippen LogP contribution in [0, 0.1) is 10.7 Å². The predicted octanol–water partition coefficient (Wildman–Crippen LogP) is 8.83. The molecule has 0 aliphatic heterocycles. The number of carbonyl (C=O) groups excluding carboxylic acids is 1. The Kier molecular flexibility index (Phi) is 6.08. The molecule has 0 unspecified atom stereocenters. The zero-order valence-electron chi connectivity index (χ0n) is 15.2. The van der Waals surface area contributed by atoms with Gasteiger partial charge in [0.15, 0.2) is 14.3 Å². The first-order chi connectivity index (χ1) is 14.5. The smallest absolute Gasteiger partial charge is 0.354 e. The van der Waals surface area contributed by atoms with Crippen molar-refractivity contribution in [1.29, 1.82) is 0 Å². The highest BCUT2D eigenvalue weighted by molar-refractivity contribution is 14.1. The summed E-state index contributed by atoms with van der Waals surface area (Å²) in [6.45, 7) is 0. The second-order valence-electron chi connectivity index (χ2n) is 6.55. The molecule has 148 valence electrons. The van der Waals surface area contributed by atoms with Crippen molar-refractivity contribution >= 4 is 116 Å². The molecular formula is C23H12I3O2S2+. The number of thiophene rings is 2. The number of rotatable bonds is 3. The molecule has 0 bridgehead atoms. The molecular weight excluding hydrogens is 753 g/mol. The molecule has 0 amide bonds. The van der Waals surface area contributed by atoms with Gasteiger partial charge >= 0.3 is 5.97 Å². The molecule has 2 aromatic heterocycles. The summed E-state index contributed by atoms with van der Waals surface area (Å²) in [6, 6.07) is 23.3. The van der Waals surface area contributed by atoms with Crippen LogP contribution in [0.25, 0.3) is 25.1 Å². The van der Waals surface area contributed by atoms with Gasteiger partial charge in [-0.2, -0.15) is 0 Å². The predicted molar refractivity (Wildman–Crippen MR) is 153 cm³/mol. The third-order valence-electron chi connectivity index (χ3n) is 4.69. The van der Waals surface area contributed by atoms with E-state index in [1.165, 1.54) is 43.5 Å². The molecule has 0 atom stereocenters. The fourth-order valence-corrected chi connectivity index (χ4v) is 8.40. The minimum atomic E-state index is -0.301. The molecule has 0 aliphatic carbocycles. The lowest BCUT2D eigenvalue weighted by Crippen LogP contribution is -2.07. The number of fused-ring (bicyclic) bond motifs is 3. The summed E-state index contributed by atoms with van der Waals surface area (Å²) in [5, 5.41) is 4.54. The largest absolute Gasteiger partial charge is 0.422 e. The Morgan fingerprint density at radius 1 is 0.800 bits per heavy atom. The van der Waals surface area contributed by atoms with E-state index in [0.717, 1.165) is 3.57 Å². The van der Waals surface area contributed by atoms with E-state index >= 15 is 0 Å². The SMILES string of the molecule is O=C(Oc1ccc(-[s+]2c3ccc(I)cc3c3cc(I)ccc32)cc1)c1sccc1I. The van der Waals surface area contributed by atoms with E-state index in [-0.39, 0.29) is 16.4 Å². The zero-order valence-corrected chi connectivity index (χ0v) is 23.3. The number of esters is 1. The molecule has 7 heteroatoms. The number of hydrogen-bond acceptors (Lipinski definition) is 3. The monoisotopic (exact) mass is 765 g/mol. The van der Waals surface area contributed by atoms with Crippen LogP contribution in [-0.4, -0.2) is 5.97 Å². The van der Waals surface area contributed by atoms with Gasteiger partial charge in [-0.3, -0.25) is 0 Å². The molecule has 3 aromatic carbocycles. The van der Waals surface area contributed by atoms with E-state index in [2.05, 4.69) is 116 Å². The first-order valence-electron chi connectivity index (χ1n) is 8.90. The molecule has 0 aliphatic rings. The molecule has 2 nitrogen and oxygen atoms in total. The van der Waals surface area contributed by atoms with Crippen LogP contribution in [0.5, 0.6) is 5.75 Å². The van der Waals surface area contributed by atoms with Crippen LogP contribution in [0.15, 0.2) is 72.1 Å². The third-order valence-corrected chi connectivity index (χ3v) is 10.5. The van der Waals surface area contributed by atoms with Gasteiger partial charge in [0.05, 0.1) is 0 Å². The maximum absolute atomic E-state index is 12.4. The summed E-state index contributed by atoms with van der Waals surface area (Å²) in [5.74, 6) is 0.270. The molecule has 0 saturated carbocycles. The maximum atomic E-state index is 12.4. The van der Waals surface area contributed by atoms with Crippen molar-refractivity contribution in [3.8, 4) is 10.6 Å². The summed E-state index contributed by atoms with van der Waals surface area (Å²) in [6.07, 6.45) is 0. The molecule has 30 heavy (non-hydrogen) atoms. The van der Waals surface area contributed by atoms with Crippen LogP contribution in [0.3, 0.4) is 0 Å². The first kappa shape index (κ1) is 21.1. The fourth-order valence-electron chi connectivity index (χ4n) is 3.39. The number of halogens is 3. The highest BCUT2D eigenvalue weighted by Gasteiger charge is 2.24. The van der Waals surface area contributed by atoms with Gasteiger partial charge in [0, 0.05) is 44.1 Å². The van der Waals surface area contributed by atoms with Gasteiger partial charge in [-0.1, -0.05) is 0 Å². The number of ether oxygens (including phenoxy) is 1. The second-order valence-corrected chi connectivity index (χ2v) is 13.1. The van der Waals surface area contributed by atoms with Gasteiger partial charge < -0.3 is 4.74 Å². The van der Waals surface area contributed by atoms with Gasteiger partial charge in [0.2, 0.25) is 0 Å². The molecule has 0 spiro atoms. The minimum absolute atomic E-state index is 0.158. The summed E-state index contributed by atoms with van der Waals surface area (Å²) in [7, 11) is -0.158. The molecule has 0 saturated heterocycles. The van der Waals surface area contributed by atoms with Crippen LogP contribution < -0.4 is 4.74 Å². The highest BCUT2D eigenvalue weighted by Crippen LogP contribution is 2.49. The lowest BCUT2D eigenvalue weighted by atomic mass is 10.2. The number of hydrogen-bond donors (Lipinski definition) is 0. The Morgan fingerprint density at radius 3 is 1.93 bits per heavy atom. The van der Waals surface area contributed by atoms with Crippen LogP contribution in [-0.2, 0) is 0 Å². The summed E-state index contributed by atoms with van der Waals surface area (Å²) in [4.78, 5) is 14.3. The highest BCUT2D eigenvalue weighted by atomic mass is 127. The Morgan fingerprint density at radius 2 is 1.40 bits per heavy atom. The minimum Gasteiger partial charge on any atom is -0.422 e. The van der Waals surface area contributed by atoms with E-state index in [4.69, 9.17) is 4.74 Å². The lowest BCUT2D eigenvalue weighted by molar-refractivity contribution is 0.0739. The quantitative estimate of drug-likeness (QED) is 0.0795. The molecule has 0 fully saturated rings. The van der Waals surface area contributed by atoms with Crippen LogP contribution >= 0.6 is 89.6 Å². The van der Waals surface area contributed by atoms with Crippen molar-refractivity contribution in [3.05, 3.63) is 87.7 Å².